The minimum atomic E-state index is -0.637. The summed E-state index contributed by atoms with van der Waals surface area (Å²) in [5.41, 5.74) is 0.553. The average molecular weight is 262 g/mol. The van der Waals surface area contributed by atoms with E-state index in [0.29, 0.717) is 23.6 Å². The molecule has 102 valence electrons. The Morgan fingerprint density at radius 1 is 1.32 bits per heavy atom. The molecule has 0 saturated heterocycles. The van der Waals surface area contributed by atoms with Gasteiger partial charge in [0.1, 0.15) is 17.4 Å². The largest absolute Gasteiger partial charge is 0.497 e. The minimum absolute atomic E-state index is 0.306. The standard InChI is InChI=1S/C14H18N2O3/c1-4-5-10(9-15)14(17)16-11-6-12(18-2)8-13(7-11)19-3/h6-8,10H,4-5H2,1-3H3,(H,16,17). The Morgan fingerprint density at radius 2 is 1.89 bits per heavy atom. The molecule has 0 aliphatic rings. The van der Waals surface area contributed by atoms with Crippen molar-refractivity contribution in [1.29, 1.82) is 5.26 Å². The molecule has 0 spiro atoms. The first-order valence-electron chi connectivity index (χ1n) is 6.08. The van der Waals surface area contributed by atoms with Crippen LogP contribution in [0.15, 0.2) is 18.2 Å². The van der Waals surface area contributed by atoms with Crippen LogP contribution >= 0.6 is 0 Å². The first-order chi connectivity index (χ1) is 9.14. The van der Waals surface area contributed by atoms with Gasteiger partial charge in [-0.2, -0.15) is 5.26 Å². The molecule has 0 aromatic heterocycles. The Kier molecular flexibility index (Phi) is 5.68. The van der Waals surface area contributed by atoms with Gasteiger partial charge in [-0.25, -0.2) is 0 Å². The van der Waals surface area contributed by atoms with E-state index in [2.05, 4.69) is 5.32 Å². The summed E-state index contributed by atoms with van der Waals surface area (Å²) in [6, 6.07) is 7.08. The summed E-state index contributed by atoms with van der Waals surface area (Å²) in [5, 5.41) is 11.7. The highest BCUT2D eigenvalue weighted by atomic mass is 16.5. The van der Waals surface area contributed by atoms with Gasteiger partial charge >= 0.3 is 0 Å². The van der Waals surface area contributed by atoms with Gasteiger partial charge < -0.3 is 14.8 Å². The predicted molar refractivity (Wildman–Crippen MR) is 72.2 cm³/mol. The molecule has 19 heavy (non-hydrogen) atoms. The Labute approximate surface area is 113 Å². The Balaban J connectivity index is 2.86. The molecule has 5 nitrogen and oxygen atoms in total. The molecule has 0 saturated carbocycles. The predicted octanol–water partition coefficient (Wildman–Crippen LogP) is 2.58. The summed E-state index contributed by atoms with van der Waals surface area (Å²) in [4.78, 5) is 11.9. The molecular weight excluding hydrogens is 244 g/mol. The smallest absolute Gasteiger partial charge is 0.241 e. The number of hydrogen-bond donors (Lipinski definition) is 1. The van der Waals surface area contributed by atoms with Crippen molar-refractivity contribution in [1.82, 2.24) is 0 Å². The molecule has 1 aromatic rings. The maximum atomic E-state index is 11.9. The van der Waals surface area contributed by atoms with Crippen molar-refractivity contribution in [3.05, 3.63) is 18.2 Å². The van der Waals surface area contributed by atoms with Crippen LogP contribution in [0.25, 0.3) is 0 Å². The van der Waals surface area contributed by atoms with Crippen LogP contribution in [0.5, 0.6) is 11.5 Å². The number of amides is 1. The van der Waals surface area contributed by atoms with Crippen molar-refractivity contribution < 1.29 is 14.3 Å². The van der Waals surface area contributed by atoms with Crippen LogP contribution in [0.4, 0.5) is 5.69 Å². The zero-order valence-electron chi connectivity index (χ0n) is 11.4. The zero-order valence-corrected chi connectivity index (χ0v) is 11.4. The lowest BCUT2D eigenvalue weighted by Crippen LogP contribution is -2.21. The highest BCUT2D eigenvalue weighted by molar-refractivity contribution is 5.94. The number of methoxy groups -OCH3 is 2. The van der Waals surface area contributed by atoms with Crippen molar-refractivity contribution in [3.8, 4) is 17.6 Å². The monoisotopic (exact) mass is 262 g/mol. The molecule has 0 fully saturated rings. The average Bonchev–Trinajstić information content (AvgIpc) is 2.43. The van der Waals surface area contributed by atoms with Crippen LogP contribution in [0, 0.1) is 17.2 Å². The van der Waals surface area contributed by atoms with Gasteiger partial charge in [0, 0.05) is 23.9 Å². The highest BCUT2D eigenvalue weighted by Gasteiger charge is 2.17. The number of nitrogens with zero attached hydrogens (tertiary/aromatic N) is 1. The van der Waals surface area contributed by atoms with Gasteiger partial charge in [-0.05, 0) is 6.42 Å². The minimum Gasteiger partial charge on any atom is -0.497 e. The first-order valence-corrected chi connectivity index (χ1v) is 6.08. The maximum Gasteiger partial charge on any atom is 0.241 e. The van der Waals surface area contributed by atoms with Crippen LogP contribution in [0.3, 0.4) is 0 Å². The van der Waals surface area contributed by atoms with Crippen LogP contribution < -0.4 is 14.8 Å². The zero-order chi connectivity index (χ0) is 14.3. The summed E-state index contributed by atoms with van der Waals surface area (Å²) in [6.07, 6.45) is 1.33. The topological polar surface area (TPSA) is 71.4 Å². The fourth-order valence-electron chi connectivity index (χ4n) is 1.65. The van der Waals surface area contributed by atoms with Crippen LogP contribution in [-0.2, 0) is 4.79 Å². The van der Waals surface area contributed by atoms with Gasteiger partial charge in [0.15, 0.2) is 0 Å². The fourth-order valence-corrected chi connectivity index (χ4v) is 1.65. The number of benzene rings is 1. The second kappa shape index (κ2) is 7.27. The summed E-state index contributed by atoms with van der Waals surface area (Å²) >= 11 is 0. The summed E-state index contributed by atoms with van der Waals surface area (Å²) in [7, 11) is 3.07. The number of carbonyl (C=O) groups excluding carboxylic acids is 1. The number of carbonyl (C=O) groups is 1. The van der Waals surface area contributed by atoms with Crippen molar-refractivity contribution in [2.45, 2.75) is 19.8 Å². The molecule has 0 radical (unpaired) electrons. The van der Waals surface area contributed by atoms with Gasteiger partial charge in [0.25, 0.3) is 0 Å². The fraction of sp³-hybridized carbons (Fsp3) is 0.429. The van der Waals surface area contributed by atoms with Crippen molar-refractivity contribution >= 4 is 11.6 Å². The van der Waals surface area contributed by atoms with Crippen LogP contribution in [0.1, 0.15) is 19.8 Å². The number of nitriles is 1. The summed E-state index contributed by atoms with van der Waals surface area (Å²) in [5.74, 6) is 0.221. The Hall–Kier alpha value is -2.22. The number of anilines is 1. The molecule has 1 atom stereocenters. The van der Waals surface area contributed by atoms with Gasteiger partial charge in [-0.1, -0.05) is 13.3 Å². The van der Waals surface area contributed by atoms with E-state index in [1.165, 1.54) is 14.2 Å². The molecule has 5 heteroatoms. The van der Waals surface area contributed by atoms with E-state index in [4.69, 9.17) is 14.7 Å². The lowest BCUT2D eigenvalue weighted by atomic mass is 10.0. The number of ether oxygens (including phenoxy) is 2. The van der Waals surface area contributed by atoms with Crippen LogP contribution in [-0.4, -0.2) is 20.1 Å². The summed E-state index contributed by atoms with van der Waals surface area (Å²) in [6.45, 7) is 1.94. The van der Waals surface area contributed by atoms with E-state index in [9.17, 15) is 4.79 Å². The number of hydrogen-bond acceptors (Lipinski definition) is 4. The van der Waals surface area contributed by atoms with E-state index in [0.717, 1.165) is 6.42 Å². The second-order valence-electron chi connectivity index (χ2n) is 4.06. The molecule has 1 N–H and O–H groups in total. The Morgan fingerprint density at radius 3 is 2.32 bits per heavy atom. The number of rotatable bonds is 6. The SMILES string of the molecule is CCCC(C#N)C(=O)Nc1cc(OC)cc(OC)c1. The molecule has 0 heterocycles. The molecule has 1 unspecified atom stereocenters. The van der Waals surface area contributed by atoms with E-state index >= 15 is 0 Å². The van der Waals surface area contributed by atoms with E-state index < -0.39 is 5.92 Å². The van der Waals surface area contributed by atoms with Crippen molar-refractivity contribution in [3.63, 3.8) is 0 Å². The Bertz CT molecular complexity index is 458. The van der Waals surface area contributed by atoms with E-state index in [1.807, 2.05) is 13.0 Å². The lowest BCUT2D eigenvalue weighted by Gasteiger charge is -2.12. The third-order valence-corrected chi connectivity index (χ3v) is 2.67. The molecule has 0 aliphatic carbocycles. The summed E-state index contributed by atoms with van der Waals surface area (Å²) < 4.78 is 10.2. The molecular formula is C14H18N2O3. The quantitative estimate of drug-likeness (QED) is 0.855. The number of nitrogens with one attached hydrogen (secondary N) is 1. The molecule has 0 bridgehead atoms. The molecule has 1 rings (SSSR count). The molecule has 1 amide bonds. The van der Waals surface area contributed by atoms with Gasteiger partial charge in [0.2, 0.25) is 5.91 Å². The maximum absolute atomic E-state index is 11.9. The van der Waals surface area contributed by atoms with Gasteiger partial charge in [-0.3, -0.25) is 4.79 Å². The van der Waals surface area contributed by atoms with Gasteiger partial charge in [-0.15, -0.1) is 0 Å². The van der Waals surface area contributed by atoms with Crippen molar-refractivity contribution in [2.75, 3.05) is 19.5 Å². The normalized spacial score (nSPS) is 11.3. The molecule has 1 aromatic carbocycles. The first kappa shape index (κ1) is 14.8. The third-order valence-electron chi connectivity index (χ3n) is 2.67. The van der Waals surface area contributed by atoms with Crippen molar-refractivity contribution in [2.24, 2.45) is 5.92 Å². The molecule has 0 aliphatic heterocycles. The second-order valence-corrected chi connectivity index (χ2v) is 4.06. The van der Waals surface area contributed by atoms with E-state index in [-0.39, 0.29) is 5.91 Å². The third kappa shape index (κ3) is 4.18. The van der Waals surface area contributed by atoms with E-state index in [1.54, 1.807) is 18.2 Å². The van der Waals surface area contributed by atoms with Gasteiger partial charge in [0.05, 0.1) is 20.3 Å². The lowest BCUT2D eigenvalue weighted by molar-refractivity contribution is -0.118. The van der Waals surface area contributed by atoms with Crippen LogP contribution in [0.2, 0.25) is 0 Å². The highest BCUT2D eigenvalue weighted by Crippen LogP contribution is 2.26.